The van der Waals surface area contributed by atoms with Gasteiger partial charge in [-0.05, 0) is 73.2 Å². The fraction of sp³-hybridized carbons (Fsp3) is 0.115. The van der Waals surface area contributed by atoms with Crippen molar-refractivity contribution in [3.8, 4) is 0 Å². The Hall–Kier alpha value is -3.33. The number of hydrogen-bond donors (Lipinski definition) is 1. The third-order valence-corrected chi connectivity index (χ3v) is 6.69. The van der Waals surface area contributed by atoms with Crippen LogP contribution >= 0.6 is 35.0 Å². The lowest BCUT2D eigenvalue weighted by molar-refractivity contribution is -0.120. The van der Waals surface area contributed by atoms with Crippen molar-refractivity contribution in [2.45, 2.75) is 18.2 Å². The molecular formula is C26H19Cl2FN2O4S. The molecule has 1 aliphatic heterocycles. The molecule has 0 aliphatic carbocycles. The van der Waals surface area contributed by atoms with Crippen molar-refractivity contribution < 1.29 is 23.5 Å². The van der Waals surface area contributed by atoms with Gasteiger partial charge in [0, 0.05) is 15.6 Å². The SMILES string of the molecule is CCCOC(=O)c1ccc(N2C(=O)C(Nc3ccc(F)c(Cl)c3)=C(Sc3ccc(Cl)cc3)C2=O)cc1. The minimum absolute atomic E-state index is 0.00839. The van der Waals surface area contributed by atoms with E-state index in [2.05, 4.69) is 5.32 Å². The molecular weight excluding hydrogens is 526 g/mol. The zero-order valence-corrected chi connectivity index (χ0v) is 21.2. The zero-order valence-electron chi connectivity index (χ0n) is 18.9. The van der Waals surface area contributed by atoms with E-state index in [0.29, 0.717) is 34.2 Å². The maximum atomic E-state index is 13.6. The summed E-state index contributed by atoms with van der Waals surface area (Å²) in [5.74, 6) is -2.27. The minimum Gasteiger partial charge on any atom is -0.462 e. The first-order valence-corrected chi connectivity index (χ1v) is 12.4. The van der Waals surface area contributed by atoms with Crippen LogP contribution in [0.25, 0.3) is 0 Å². The van der Waals surface area contributed by atoms with Crippen LogP contribution in [0.4, 0.5) is 15.8 Å². The van der Waals surface area contributed by atoms with Crippen LogP contribution in [0, 0.1) is 5.82 Å². The number of carbonyl (C=O) groups is 3. The van der Waals surface area contributed by atoms with Crippen molar-refractivity contribution in [2.75, 3.05) is 16.8 Å². The van der Waals surface area contributed by atoms with Gasteiger partial charge < -0.3 is 10.1 Å². The summed E-state index contributed by atoms with van der Waals surface area (Å²) in [6.07, 6.45) is 0.690. The number of anilines is 2. The van der Waals surface area contributed by atoms with Gasteiger partial charge in [-0.25, -0.2) is 14.1 Å². The number of hydrogen-bond acceptors (Lipinski definition) is 6. The lowest BCUT2D eigenvalue weighted by Gasteiger charge is -2.16. The summed E-state index contributed by atoms with van der Waals surface area (Å²) < 4.78 is 18.8. The molecule has 0 saturated heterocycles. The molecule has 0 fully saturated rings. The molecule has 0 radical (unpaired) electrons. The van der Waals surface area contributed by atoms with E-state index in [-0.39, 0.29) is 21.3 Å². The van der Waals surface area contributed by atoms with E-state index in [1.165, 1.54) is 36.4 Å². The Bertz CT molecular complexity index is 1360. The molecule has 0 spiro atoms. The number of nitrogens with zero attached hydrogens (tertiary/aromatic N) is 1. The summed E-state index contributed by atoms with van der Waals surface area (Å²) in [5.41, 5.74) is 0.922. The zero-order chi connectivity index (χ0) is 25.8. The molecule has 1 aliphatic rings. The first kappa shape index (κ1) is 25.8. The topological polar surface area (TPSA) is 75.7 Å². The van der Waals surface area contributed by atoms with E-state index in [4.69, 9.17) is 27.9 Å². The fourth-order valence-electron chi connectivity index (χ4n) is 3.31. The van der Waals surface area contributed by atoms with Crippen molar-refractivity contribution in [1.82, 2.24) is 0 Å². The summed E-state index contributed by atoms with van der Waals surface area (Å²) in [5, 5.41) is 3.31. The van der Waals surface area contributed by atoms with E-state index < -0.39 is 23.6 Å². The van der Waals surface area contributed by atoms with Gasteiger partial charge in [0.25, 0.3) is 11.8 Å². The third-order valence-electron chi connectivity index (χ3n) is 5.06. The van der Waals surface area contributed by atoms with Crippen molar-refractivity contribution >= 4 is 64.1 Å². The average Bonchev–Trinajstić information content (AvgIpc) is 3.10. The van der Waals surface area contributed by atoms with E-state index >= 15 is 0 Å². The summed E-state index contributed by atoms with van der Waals surface area (Å²) in [6, 6.07) is 16.7. The maximum Gasteiger partial charge on any atom is 0.338 e. The van der Waals surface area contributed by atoms with Crippen molar-refractivity contribution in [3.05, 3.63) is 98.8 Å². The Balaban J connectivity index is 1.67. The van der Waals surface area contributed by atoms with Gasteiger partial charge in [-0.2, -0.15) is 0 Å². The van der Waals surface area contributed by atoms with Gasteiger partial charge >= 0.3 is 5.97 Å². The summed E-state index contributed by atoms with van der Waals surface area (Å²) >= 11 is 13.0. The van der Waals surface area contributed by atoms with Crippen molar-refractivity contribution in [3.63, 3.8) is 0 Å². The highest BCUT2D eigenvalue weighted by molar-refractivity contribution is 8.04. The van der Waals surface area contributed by atoms with E-state index in [9.17, 15) is 18.8 Å². The van der Waals surface area contributed by atoms with Crippen LogP contribution < -0.4 is 10.2 Å². The lowest BCUT2D eigenvalue weighted by Crippen LogP contribution is -2.32. The Morgan fingerprint density at radius 2 is 1.69 bits per heavy atom. The van der Waals surface area contributed by atoms with Crippen LogP contribution in [0.5, 0.6) is 0 Å². The number of esters is 1. The molecule has 0 aromatic heterocycles. The highest BCUT2D eigenvalue weighted by Gasteiger charge is 2.40. The first-order chi connectivity index (χ1) is 17.3. The van der Waals surface area contributed by atoms with Crippen molar-refractivity contribution in [1.29, 1.82) is 0 Å². The van der Waals surface area contributed by atoms with E-state index in [1.54, 1.807) is 24.3 Å². The first-order valence-electron chi connectivity index (χ1n) is 10.8. The molecule has 36 heavy (non-hydrogen) atoms. The summed E-state index contributed by atoms with van der Waals surface area (Å²) in [4.78, 5) is 40.8. The van der Waals surface area contributed by atoms with Gasteiger partial charge in [-0.3, -0.25) is 9.59 Å². The van der Waals surface area contributed by atoms with Crippen LogP contribution in [0.15, 0.2) is 82.2 Å². The van der Waals surface area contributed by atoms with Gasteiger partial charge in [0.05, 0.1) is 22.9 Å². The molecule has 0 unspecified atom stereocenters. The second kappa shape index (κ2) is 11.2. The van der Waals surface area contributed by atoms with Crippen LogP contribution in [-0.2, 0) is 14.3 Å². The Labute approximate surface area is 221 Å². The number of rotatable bonds is 8. The molecule has 0 saturated carbocycles. The molecule has 184 valence electrons. The number of carbonyl (C=O) groups excluding carboxylic acids is 3. The molecule has 0 atom stereocenters. The number of thioether (sulfide) groups is 1. The second-order valence-corrected chi connectivity index (χ2v) is 9.57. The highest BCUT2D eigenvalue weighted by atomic mass is 35.5. The Morgan fingerprint density at radius 1 is 1.00 bits per heavy atom. The fourth-order valence-corrected chi connectivity index (χ4v) is 4.55. The van der Waals surface area contributed by atoms with Crippen LogP contribution in [0.1, 0.15) is 23.7 Å². The molecule has 1 heterocycles. The van der Waals surface area contributed by atoms with Gasteiger partial charge in [0.2, 0.25) is 0 Å². The minimum atomic E-state index is -0.613. The number of nitrogens with one attached hydrogen (secondary N) is 1. The predicted molar refractivity (Wildman–Crippen MR) is 139 cm³/mol. The van der Waals surface area contributed by atoms with Gasteiger partial charge in [-0.1, -0.05) is 41.9 Å². The molecule has 3 aromatic carbocycles. The highest BCUT2D eigenvalue weighted by Crippen LogP contribution is 2.38. The summed E-state index contributed by atoms with van der Waals surface area (Å²) in [6.45, 7) is 2.18. The molecule has 10 heteroatoms. The molecule has 6 nitrogen and oxygen atoms in total. The number of amides is 2. The average molecular weight is 545 g/mol. The third kappa shape index (κ3) is 5.56. The predicted octanol–water partition coefficient (Wildman–Crippen LogP) is 6.69. The molecule has 0 bridgehead atoms. The summed E-state index contributed by atoms with van der Waals surface area (Å²) in [7, 11) is 0. The monoisotopic (exact) mass is 544 g/mol. The van der Waals surface area contributed by atoms with Gasteiger partial charge in [0.15, 0.2) is 0 Å². The lowest BCUT2D eigenvalue weighted by atomic mass is 10.2. The molecule has 1 N–H and O–H groups in total. The largest absolute Gasteiger partial charge is 0.462 e. The van der Waals surface area contributed by atoms with E-state index in [1.807, 2.05) is 6.92 Å². The second-order valence-electron chi connectivity index (χ2n) is 7.64. The number of benzene rings is 3. The molecule has 4 rings (SSSR count). The Morgan fingerprint density at radius 3 is 2.33 bits per heavy atom. The number of halogens is 3. The molecule has 3 aromatic rings. The normalized spacial score (nSPS) is 13.4. The number of ether oxygens (including phenoxy) is 1. The standard InChI is InChI=1S/C26H19Cl2FN2O4S/c1-2-13-35-26(34)15-3-8-18(9-4-15)31-24(32)22(30-17-7-12-21(29)20(28)14-17)23(25(31)33)36-19-10-5-16(27)6-11-19/h3-12,14,30H,2,13H2,1H3. The van der Waals surface area contributed by atoms with E-state index in [0.717, 1.165) is 22.7 Å². The molecule has 2 amide bonds. The van der Waals surface area contributed by atoms with Gasteiger partial charge in [0.1, 0.15) is 16.4 Å². The Kier molecular flexibility index (Phi) is 7.98. The smallest absolute Gasteiger partial charge is 0.338 e. The maximum absolute atomic E-state index is 13.6. The van der Waals surface area contributed by atoms with Gasteiger partial charge in [-0.15, -0.1) is 0 Å². The van der Waals surface area contributed by atoms with Crippen molar-refractivity contribution in [2.24, 2.45) is 0 Å². The van der Waals surface area contributed by atoms with Crippen LogP contribution in [0.2, 0.25) is 10.0 Å². The van der Waals surface area contributed by atoms with Crippen LogP contribution in [0.3, 0.4) is 0 Å². The van der Waals surface area contributed by atoms with Crippen LogP contribution in [-0.4, -0.2) is 24.4 Å². The number of imide groups is 1. The quantitative estimate of drug-likeness (QED) is 0.251.